The van der Waals surface area contributed by atoms with Crippen LogP contribution < -0.4 is 10.6 Å². The Morgan fingerprint density at radius 3 is 2.89 bits per heavy atom. The van der Waals surface area contributed by atoms with Gasteiger partial charge in [0.1, 0.15) is 0 Å². The van der Waals surface area contributed by atoms with Crippen LogP contribution >= 0.6 is 15.9 Å². The molecule has 4 nitrogen and oxygen atoms in total. The summed E-state index contributed by atoms with van der Waals surface area (Å²) in [7, 11) is 0. The van der Waals surface area contributed by atoms with Gasteiger partial charge in [-0.25, -0.2) is 0 Å². The number of hydrogen-bond acceptors (Lipinski definition) is 3. The van der Waals surface area contributed by atoms with Gasteiger partial charge in [0.15, 0.2) is 0 Å². The zero-order valence-electron chi connectivity index (χ0n) is 11.2. The molecular weight excluding hydrogens is 306 g/mol. The fourth-order valence-electron chi connectivity index (χ4n) is 2.16. The molecule has 1 aliphatic rings. The molecular formula is C14H20BrN3O. The van der Waals surface area contributed by atoms with Gasteiger partial charge in [0.05, 0.1) is 6.54 Å². The van der Waals surface area contributed by atoms with E-state index >= 15 is 0 Å². The van der Waals surface area contributed by atoms with Crippen molar-refractivity contribution in [3.63, 3.8) is 0 Å². The quantitative estimate of drug-likeness (QED) is 0.841. The third-order valence-electron chi connectivity index (χ3n) is 3.24. The van der Waals surface area contributed by atoms with Gasteiger partial charge in [0.2, 0.25) is 5.91 Å². The van der Waals surface area contributed by atoms with E-state index in [2.05, 4.69) is 38.4 Å². The zero-order valence-corrected chi connectivity index (χ0v) is 12.7. The van der Waals surface area contributed by atoms with Crippen LogP contribution in [0.25, 0.3) is 0 Å². The first-order valence-electron chi connectivity index (χ1n) is 6.69. The molecule has 1 aromatic carbocycles. The third kappa shape index (κ3) is 4.30. The van der Waals surface area contributed by atoms with Gasteiger partial charge in [-0.2, -0.15) is 0 Å². The fourth-order valence-corrected chi connectivity index (χ4v) is 2.56. The van der Waals surface area contributed by atoms with Crippen LogP contribution in [0.2, 0.25) is 0 Å². The summed E-state index contributed by atoms with van der Waals surface area (Å²) in [6, 6.07) is 8.18. The number of amides is 1. The Morgan fingerprint density at radius 1 is 1.53 bits per heavy atom. The number of carbonyl (C=O) groups excluding carboxylic acids is 1. The Labute approximate surface area is 122 Å². The van der Waals surface area contributed by atoms with Crippen LogP contribution in [0.4, 0.5) is 5.69 Å². The molecule has 2 rings (SSSR count). The van der Waals surface area contributed by atoms with Crippen molar-refractivity contribution in [2.75, 3.05) is 31.5 Å². The molecule has 19 heavy (non-hydrogen) atoms. The van der Waals surface area contributed by atoms with E-state index in [4.69, 9.17) is 0 Å². The molecule has 1 heterocycles. The van der Waals surface area contributed by atoms with Crippen molar-refractivity contribution >= 4 is 27.5 Å². The smallest absolute Gasteiger partial charge is 0.238 e. The third-order valence-corrected chi connectivity index (χ3v) is 3.74. The van der Waals surface area contributed by atoms with Crippen molar-refractivity contribution in [1.82, 2.24) is 10.2 Å². The highest BCUT2D eigenvalue weighted by atomic mass is 79.9. The summed E-state index contributed by atoms with van der Waals surface area (Å²) in [6.45, 7) is 5.56. The minimum Gasteiger partial charge on any atom is -0.325 e. The first-order chi connectivity index (χ1) is 9.19. The Bertz CT molecular complexity index is 434. The zero-order chi connectivity index (χ0) is 13.7. The average Bonchev–Trinajstić information content (AvgIpc) is 2.26. The minimum atomic E-state index is 0.0541. The normalized spacial score (nSPS) is 15.3. The minimum absolute atomic E-state index is 0.0541. The van der Waals surface area contributed by atoms with E-state index in [-0.39, 0.29) is 5.91 Å². The van der Waals surface area contributed by atoms with Crippen LogP contribution in [-0.4, -0.2) is 43.0 Å². The van der Waals surface area contributed by atoms with E-state index in [0.29, 0.717) is 12.6 Å². The molecule has 1 saturated heterocycles. The van der Waals surface area contributed by atoms with Crippen LogP contribution in [0.3, 0.4) is 0 Å². The number of benzene rings is 1. The first kappa shape index (κ1) is 14.5. The molecule has 1 fully saturated rings. The standard InChI is InChI=1S/C14H20BrN3O/c1-2-6-18(13-8-16-9-13)10-14(19)17-12-5-3-4-11(15)7-12/h3-5,7,13,16H,2,6,8-10H2,1H3,(H,17,19). The highest BCUT2D eigenvalue weighted by Gasteiger charge is 2.25. The summed E-state index contributed by atoms with van der Waals surface area (Å²) >= 11 is 3.40. The lowest BCUT2D eigenvalue weighted by Crippen LogP contribution is -2.58. The number of rotatable bonds is 6. The van der Waals surface area contributed by atoms with Crippen LogP contribution in [0.15, 0.2) is 28.7 Å². The largest absolute Gasteiger partial charge is 0.325 e. The number of anilines is 1. The van der Waals surface area contributed by atoms with E-state index in [0.717, 1.165) is 36.2 Å². The van der Waals surface area contributed by atoms with Crippen molar-refractivity contribution in [3.8, 4) is 0 Å². The summed E-state index contributed by atoms with van der Waals surface area (Å²) in [4.78, 5) is 14.3. The van der Waals surface area contributed by atoms with Gasteiger partial charge in [-0.15, -0.1) is 0 Å². The summed E-state index contributed by atoms with van der Waals surface area (Å²) in [5, 5.41) is 6.19. The van der Waals surface area contributed by atoms with Gasteiger partial charge in [-0.1, -0.05) is 28.9 Å². The van der Waals surface area contributed by atoms with Crippen LogP contribution in [0.5, 0.6) is 0 Å². The fraction of sp³-hybridized carbons (Fsp3) is 0.500. The van der Waals surface area contributed by atoms with E-state index in [1.165, 1.54) is 0 Å². The van der Waals surface area contributed by atoms with Crippen LogP contribution in [0.1, 0.15) is 13.3 Å². The topological polar surface area (TPSA) is 44.4 Å². The van der Waals surface area contributed by atoms with Gasteiger partial charge in [-0.05, 0) is 31.2 Å². The first-order valence-corrected chi connectivity index (χ1v) is 7.48. The van der Waals surface area contributed by atoms with Crippen LogP contribution in [-0.2, 0) is 4.79 Å². The summed E-state index contributed by atoms with van der Waals surface area (Å²) in [5.41, 5.74) is 0.836. The lowest BCUT2D eigenvalue weighted by atomic mass is 10.1. The van der Waals surface area contributed by atoms with Crippen LogP contribution in [0, 0.1) is 0 Å². The summed E-state index contributed by atoms with van der Waals surface area (Å²) in [5.74, 6) is 0.0541. The maximum atomic E-state index is 12.1. The van der Waals surface area contributed by atoms with Crippen molar-refractivity contribution in [2.24, 2.45) is 0 Å². The number of halogens is 1. The average molecular weight is 326 g/mol. The predicted molar refractivity (Wildman–Crippen MR) is 81.3 cm³/mol. The molecule has 0 spiro atoms. The van der Waals surface area contributed by atoms with E-state index in [1.54, 1.807) is 0 Å². The van der Waals surface area contributed by atoms with Crippen molar-refractivity contribution in [3.05, 3.63) is 28.7 Å². The molecule has 0 bridgehead atoms. The molecule has 1 aliphatic heterocycles. The number of hydrogen-bond donors (Lipinski definition) is 2. The Balaban J connectivity index is 1.88. The second-order valence-corrected chi connectivity index (χ2v) is 5.76. The highest BCUT2D eigenvalue weighted by molar-refractivity contribution is 9.10. The molecule has 104 valence electrons. The van der Waals surface area contributed by atoms with Gasteiger partial charge in [-0.3, -0.25) is 9.69 Å². The molecule has 5 heteroatoms. The van der Waals surface area contributed by atoms with Crippen molar-refractivity contribution in [2.45, 2.75) is 19.4 Å². The molecule has 0 unspecified atom stereocenters. The van der Waals surface area contributed by atoms with Crippen molar-refractivity contribution < 1.29 is 4.79 Å². The second kappa shape index (κ2) is 7.03. The monoisotopic (exact) mass is 325 g/mol. The molecule has 0 aliphatic carbocycles. The molecule has 0 radical (unpaired) electrons. The predicted octanol–water partition coefficient (Wildman–Crippen LogP) is 2.07. The lowest BCUT2D eigenvalue weighted by Gasteiger charge is -2.37. The Hall–Kier alpha value is -0.910. The molecule has 1 aromatic rings. The Kier molecular flexibility index (Phi) is 5.36. The van der Waals surface area contributed by atoms with Gasteiger partial charge < -0.3 is 10.6 Å². The van der Waals surface area contributed by atoms with Crippen molar-refractivity contribution in [1.29, 1.82) is 0 Å². The second-order valence-electron chi connectivity index (χ2n) is 4.84. The molecule has 0 aromatic heterocycles. The SMILES string of the molecule is CCCN(CC(=O)Nc1cccc(Br)c1)C1CNC1. The molecule has 0 atom stereocenters. The maximum Gasteiger partial charge on any atom is 0.238 e. The molecule has 2 N–H and O–H groups in total. The van der Waals surface area contributed by atoms with Gasteiger partial charge in [0, 0.05) is 29.3 Å². The summed E-state index contributed by atoms with van der Waals surface area (Å²) < 4.78 is 0.971. The summed E-state index contributed by atoms with van der Waals surface area (Å²) in [6.07, 6.45) is 1.07. The lowest BCUT2D eigenvalue weighted by molar-refractivity contribution is -0.118. The van der Waals surface area contributed by atoms with Gasteiger partial charge in [0.25, 0.3) is 0 Å². The number of nitrogens with one attached hydrogen (secondary N) is 2. The van der Waals surface area contributed by atoms with E-state index < -0.39 is 0 Å². The molecule has 1 amide bonds. The number of carbonyl (C=O) groups is 1. The molecule has 0 saturated carbocycles. The maximum absolute atomic E-state index is 12.1. The number of nitrogens with zero attached hydrogens (tertiary/aromatic N) is 1. The Morgan fingerprint density at radius 2 is 2.32 bits per heavy atom. The van der Waals surface area contributed by atoms with Gasteiger partial charge >= 0.3 is 0 Å². The highest BCUT2D eigenvalue weighted by Crippen LogP contribution is 2.15. The van der Waals surface area contributed by atoms with E-state index in [9.17, 15) is 4.79 Å². The van der Waals surface area contributed by atoms with E-state index in [1.807, 2.05) is 24.3 Å².